The van der Waals surface area contributed by atoms with Gasteiger partial charge in [-0.3, -0.25) is 9.59 Å². The lowest BCUT2D eigenvalue weighted by molar-refractivity contribution is -0.115. The van der Waals surface area contributed by atoms with E-state index < -0.39 is 0 Å². The molecule has 0 saturated heterocycles. The van der Waals surface area contributed by atoms with Crippen molar-refractivity contribution >= 4 is 68.7 Å². The standard InChI is InChI=1S/C16H13ClN4O2S3/c17-10-3-1-4-11(7-10)18-14(23)9-25-16-21-20-15(26-16)19-13(22)8-12-5-2-6-24-12/h1-7H,8-9H2,(H,18,23)(H,19,20,22). The second-order valence-corrected chi connectivity index (χ2v) is 8.69. The van der Waals surface area contributed by atoms with Crippen LogP contribution in [-0.2, 0) is 16.0 Å². The number of halogens is 1. The van der Waals surface area contributed by atoms with Crippen molar-refractivity contribution in [1.82, 2.24) is 10.2 Å². The molecule has 10 heteroatoms. The van der Waals surface area contributed by atoms with Gasteiger partial charge < -0.3 is 10.6 Å². The summed E-state index contributed by atoms with van der Waals surface area (Å²) in [6.07, 6.45) is 0.307. The Morgan fingerprint density at radius 2 is 2.00 bits per heavy atom. The van der Waals surface area contributed by atoms with Crippen LogP contribution >= 0.6 is 46.0 Å². The van der Waals surface area contributed by atoms with E-state index in [1.54, 1.807) is 24.3 Å². The first-order valence-electron chi connectivity index (χ1n) is 7.42. The van der Waals surface area contributed by atoms with E-state index in [-0.39, 0.29) is 17.6 Å². The van der Waals surface area contributed by atoms with E-state index in [2.05, 4.69) is 20.8 Å². The Kier molecular flexibility index (Phi) is 6.62. The van der Waals surface area contributed by atoms with Gasteiger partial charge in [-0.2, -0.15) is 0 Å². The van der Waals surface area contributed by atoms with Gasteiger partial charge in [-0.15, -0.1) is 21.5 Å². The molecular weight excluding hydrogens is 412 g/mol. The number of carbonyl (C=O) groups is 2. The minimum Gasteiger partial charge on any atom is -0.325 e. The average Bonchev–Trinajstić information content (AvgIpc) is 3.25. The molecule has 0 radical (unpaired) electrons. The lowest BCUT2D eigenvalue weighted by Crippen LogP contribution is -2.13. The first kappa shape index (κ1) is 18.8. The maximum Gasteiger partial charge on any atom is 0.234 e. The third-order valence-electron chi connectivity index (χ3n) is 3.00. The van der Waals surface area contributed by atoms with Crippen molar-refractivity contribution in [3.8, 4) is 0 Å². The molecule has 2 N–H and O–H groups in total. The number of nitrogens with zero attached hydrogens (tertiary/aromatic N) is 2. The molecule has 134 valence electrons. The monoisotopic (exact) mass is 424 g/mol. The van der Waals surface area contributed by atoms with Crippen LogP contribution < -0.4 is 10.6 Å². The summed E-state index contributed by atoms with van der Waals surface area (Å²) in [4.78, 5) is 24.9. The number of thiophene rings is 1. The van der Waals surface area contributed by atoms with Crippen molar-refractivity contribution in [3.63, 3.8) is 0 Å². The fourth-order valence-corrected chi connectivity index (χ4v) is 4.41. The van der Waals surface area contributed by atoms with Crippen LogP contribution in [0, 0.1) is 0 Å². The van der Waals surface area contributed by atoms with Gasteiger partial charge in [0.05, 0.1) is 12.2 Å². The first-order chi connectivity index (χ1) is 12.6. The summed E-state index contributed by atoms with van der Waals surface area (Å²) in [5.41, 5.74) is 0.641. The van der Waals surface area contributed by atoms with Gasteiger partial charge in [-0.05, 0) is 29.6 Å². The summed E-state index contributed by atoms with van der Waals surface area (Å²) >= 11 is 9.90. The Labute approximate surface area is 167 Å². The first-order valence-corrected chi connectivity index (χ1v) is 10.5. The average molecular weight is 425 g/mol. The molecule has 0 atom stereocenters. The molecule has 6 nitrogen and oxygen atoms in total. The molecule has 0 saturated carbocycles. The van der Waals surface area contributed by atoms with Crippen LogP contribution in [0.4, 0.5) is 10.8 Å². The predicted octanol–water partition coefficient (Wildman–Crippen LogP) is 4.17. The van der Waals surface area contributed by atoms with Crippen LogP contribution in [0.15, 0.2) is 46.1 Å². The van der Waals surface area contributed by atoms with E-state index in [1.165, 1.54) is 34.4 Å². The normalized spacial score (nSPS) is 10.5. The lowest BCUT2D eigenvalue weighted by Gasteiger charge is -2.04. The fraction of sp³-hybridized carbons (Fsp3) is 0.125. The molecule has 0 unspecified atom stereocenters. The van der Waals surface area contributed by atoms with Crippen molar-refractivity contribution in [2.45, 2.75) is 10.8 Å². The highest BCUT2D eigenvalue weighted by molar-refractivity contribution is 8.01. The topological polar surface area (TPSA) is 84.0 Å². The highest BCUT2D eigenvalue weighted by Gasteiger charge is 2.11. The number of thioether (sulfide) groups is 1. The molecule has 26 heavy (non-hydrogen) atoms. The van der Waals surface area contributed by atoms with Gasteiger partial charge in [0.2, 0.25) is 16.9 Å². The Hall–Kier alpha value is -1.94. The van der Waals surface area contributed by atoms with Gasteiger partial charge in [0.15, 0.2) is 4.34 Å². The van der Waals surface area contributed by atoms with E-state index >= 15 is 0 Å². The molecule has 0 bridgehead atoms. The number of nitrogens with one attached hydrogen (secondary N) is 2. The van der Waals surface area contributed by atoms with Gasteiger partial charge in [-0.1, -0.05) is 46.8 Å². The zero-order valence-corrected chi connectivity index (χ0v) is 16.5. The van der Waals surface area contributed by atoms with Crippen LogP contribution in [0.5, 0.6) is 0 Å². The molecule has 3 rings (SSSR count). The molecule has 3 aromatic rings. The molecule has 1 aromatic carbocycles. The third kappa shape index (κ3) is 5.80. The van der Waals surface area contributed by atoms with Crippen LogP contribution in [0.1, 0.15) is 4.88 Å². The smallest absolute Gasteiger partial charge is 0.234 e. The van der Waals surface area contributed by atoms with E-state index in [0.717, 1.165) is 4.88 Å². The van der Waals surface area contributed by atoms with Gasteiger partial charge in [-0.25, -0.2) is 0 Å². The molecule has 0 fully saturated rings. The summed E-state index contributed by atoms with van der Waals surface area (Å²) < 4.78 is 0.609. The molecule has 0 aliphatic rings. The van der Waals surface area contributed by atoms with E-state index in [4.69, 9.17) is 11.6 Å². The summed E-state index contributed by atoms with van der Waals surface area (Å²) in [7, 11) is 0. The largest absolute Gasteiger partial charge is 0.325 e. The molecule has 0 spiro atoms. The Morgan fingerprint density at radius 1 is 1.12 bits per heavy atom. The van der Waals surface area contributed by atoms with Crippen molar-refractivity contribution in [2.24, 2.45) is 0 Å². The summed E-state index contributed by atoms with van der Waals surface area (Å²) in [5.74, 6) is -0.126. The lowest BCUT2D eigenvalue weighted by atomic mass is 10.3. The van der Waals surface area contributed by atoms with E-state index in [0.29, 0.717) is 26.6 Å². The number of anilines is 2. The maximum absolute atomic E-state index is 12.0. The number of carbonyl (C=O) groups excluding carboxylic acids is 2. The highest BCUT2D eigenvalue weighted by atomic mass is 35.5. The van der Waals surface area contributed by atoms with Crippen molar-refractivity contribution in [1.29, 1.82) is 0 Å². The van der Waals surface area contributed by atoms with Gasteiger partial charge in [0, 0.05) is 15.6 Å². The number of rotatable bonds is 7. The molecule has 0 aliphatic carbocycles. The molecule has 2 amide bonds. The number of aromatic nitrogens is 2. The second-order valence-electron chi connectivity index (χ2n) is 5.02. The van der Waals surface area contributed by atoms with Crippen molar-refractivity contribution in [2.75, 3.05) is 16.4 Å². The van der Waals surface area contributed by atoms with Crippen LogP contribution in [-0.4, -0.2) is 27.8 Å². The third-order valence-corrected chi connectivity index (χ3v) is 6.09. The predicted molar refractivity (Wildman–Crippen MR) is 107 cm³/mol. The van der Waals surface area contributed by atoms with Crippen LogP contribution in [0.25, 0.3) is 0 Å². The number of hydrogen-bond acceptors (Lipinski definition) is 7. The number of benzene rings is 1. The molecule has 2 aromatic heterocycles. The molecule has 2 heterocycles. The maximum atomic E-state index is 12.0. The summed E-state index contributed by atoms with van der Waals surface area (Å²) in [6.45, 7) is 0. The SMILES string of the molecule is O=C(CSc1nnc(NC(=O)Cc2cccs2)s1)Nc1cccc(Cl)c1. The van der Waals surface area contributed by atoms with Crippen molar-refractivity contribution in [3.05, 3.63) is 51.7 Å². The van der Waals surface area contributed by atoms with Crippen molar-refractivity contribution < 1.29 is 9.59 Å². The summed E-state index contributed by atoms with van der Waals surface area (Å²) in [5, 5.41) is 16.3. The minimum absolute atomic E-state index is 0.140. The summed E-state index contributed by atoms with van der Waals surface area (Å²) in [6, 6.07) is 10.8. The Bertz CT molecular complexity index is 899. The van der Waals surface area contributed by atoms with Crippen LogP contribution in [0.3, 0.4) is 0 Å². The molecule has 0 aliphatic heterocycles. The highest BCUT2D eigenvalue weighted by Crippen LogP contribution is 2.26. The van der Waals surface area contributed by atoms with E-state index in [9.17, 15) is 9.59 Å². The zero-order chi connectivity index (χ0) is 18.4. The van der Waals surface area contributed by atoms with Gasteiger partial charge in [0.1, 0.15) is 0 Å². The van der Waals surface area contributed by atoms with Gasteiger partial charge in [0.25, 0.3) is 0 Å². The molecular formula is C16H13ClN4O2S3. The Morgan fingerprint density at radius 3 is 2.77 bits per heavy atom. The second kappa shape index (κ2) is 9.13. The van der Waals surface area contributed by atoms with Gasteiger partial charge >= 0.3 is 0 Å². The zero-order valence-electron chi connectivity index (χ0n) is 13.3. The Balaban J connectivity index is 1.46. The van der Waals surface area contributed by atoms with E-state index in [1.807, 2.05) is 17.5 Å². The number of amides is 2. The minimum atomic E-state index is -0.171. The number of hydrogen-bond donors (Lipinski definition) is 2. The quantitative estimate of drug-likeness (QED) is 0.439. The fourth-order valence-electron chi connectivity index (χ4n) is 1.94. The van der Waals surface area contributed by atoms with Crippen LogP contribution in [0.2, 0.25) is 5.02 Å².